The zero-order chi connectivity index (χ0) is 9.42. The summed E-state index contributed by atoms with van der Waals surface area (Å²) in [4.78, 5) is 24.2. The van der Waals surface area contributed by atoms with E-state index < -0.39 is 0 Å². The van der Waals surface area contributed by atoms with E-state index in [2.05, 4.69) is 5.32 Å². The molecule has 4 heteroatoms. The number of hydrogen-bond donors (Lipinski definition) is 1. The molecule has 2 bridgehead atoms. The number of carbonyl (C=O) groups excluding carboxylic acids is 2. The molecule has 2 atom stereocenters. The Balaban J connectivity index is 2.15. The van der Waals surface area contributed by atoms with Gasteiger partial charge in [-0.25, -0.2) is 0 Å². The zero-order valence-corrected chi connectivity index (χ0v) is 7.75. The highest BCUT2D eigenvalue weighted by Crippen LogP contribution is 2.25. The number of hydrogen-bond acceptors (Lipinski definition) is 3. The minimum atomic E-state index is -0.110. The summed E-state index contributed by atoms with van der Waals surface area (Å²) in [7, 11) is 0. The monoisotopic (exact) mass is 182 g/mol. The van der Waals surface area contributed by atoms with Crippen LogP contribution in [-0.4, -0.2) is 36.3 Å². The number of amides is 2. The Morgan fingerprint density at radius 3 is 3.00 bits per heavy atom. The second-order valence-corrected chi connectivity index (χ2v) is 3.92. The van der Waals surface area contributed by atoms with E-state index in [1.54, 1.807) is 0 Å². The third kappa shape index (κ3) is 1.46. The smallest absolute Gasteiger partial charge is 0.233 e. The summed E-state index contributed by atoms with van der Waals surface area (Å²) in [6.07, 6.45) is 0.954. The second kappa shape index (κ2) is 3.10. The molecule has 2 fully saturated rings. The van der Waals surface area contributed by atoms with E-state index in [9.17, 15) is 9.59 Å². The van der Waals surface area contributed by atoms with Crippen LogP contribution in [0.25, 0.3) is 0 Å². The van der Waals surface area contributed by atoms with Crippen molar-refractivity contribution in [3.8, 4) is 0 Å². The first-order valence-electron chi connectivity index (χ1n) is 4.71. The van der Waals surface area contributed by atoms with Gasteiger partial charge in [0.2, 0.25) is 11.8 Å². The van der Waals surface area contributed by atoms with Crippen LogP contribution in [0.4, 0.5) is 0 Å². The van der Waals surface area contributed by atoms with Crippen LogP contribution in [0.15, 0.2) is 0 Å². The molecule has 2 rings (SSSR count). The van der Waals surface area contributed by atoms with Crippen LogP contribution >= 0.6 is 0 Å². The average Bonchev–Trinajstić information content (AvgIpc) is 2.12. The summed E-state index contributed by atoms with van der Waals surface area (Å²) in [6.45, 7) is 3.75. The molecule has 0 aromatic carbocycles. The topological polar surface area (TPSA) is 49.4 Å². The van der Waals surface area contributed by atoms with Crippen LogP contribution in [0.1, 0.15) is 13.3 Å². The van der Waals surface area contributed by atoms with Crippen molar-refractivity contribution in [2.24, 2.45) is 11.8 Å². The molecular formula is C9H14N2O2. The average molecular weight is 182 g/mol. The summed E-state index contributed by atoms with van der Waals surface area (Å²) in [6, 6.07) is 0. The fourth-order valence-electron chi connectivity index (χ4n) is 2.21. The van der Waals surface area contributed by atoms with Crippen LogP contribution in [0, 0.1) is 11.8 Å². The van der Waals surface area contributed by atoms with E-state index in [0.717, 1.165) is 19.5 Å². The van der Waals surface area contributed by atoms with Crippen LogP contribution in [-0.2, 0) is 9.59 Å². The summed E-state index contributed by atoms with van der Waals surface area (Å²) in [5, 5.41) is 3.22. The maximum atomic E-state index is 11.6. The van der Waals surface area contributed by atoms with Crippen molar-refractivity contribution >= 4 is 11.8 Å². The Hall–Kier alpha value is -0.900. The lowest BCUT2D eigenvalue weighted by Crippen LogP contribution is -2.55. The second-order valence-electron chi connectivity index (χ2n) is 3.92. The van der Waals surface area contributed by atoms with Gasteiger partial charge in [-0.05, 0) is 18.9 Å². The largest absolute Gasteiger partial charge is 0.316 e. The highest BCUT2D eigenvalue weighted by atomic mass is 16.2. The fraction of sp³-hybridized carbons (Fsp3) is 0.778. The number of likely N-dealkylation sites (tertiary alicyclic amines) is 1. The standard InChI is InChI=1S/C9H14N2O2/c1-6(12)11-5-7-2-8(9(11)13)4-10-3-7/h7-8,10H,2-5H2,1H3/t7-,8-/m1/s1. The van der Waals surface area contributed by atoms with Crippen molar-refractivity contribution < 1.29 is 9.59 Å². The van der Waals surface area contributed by atoms with E-state index in [0.29, 0.717) is 12.5 Å². The van der Waals surface area contributed by atoms with E-state index >= 15 is 0 Å². The van der Waals surface area contributed by atoms with Gasteiger partial charge < -0.3 is 5.32 Å². The van der Waals surface area contributed by atoms with E-state index in [1.807, 2.05) is 0 Å². The predicted molar refractivity (Wildman–Crippen MR) is 46.9 cm³/mol. The quantitative estimate of drug-likeness (QED) is 0.554. The Morgan fingerprint density at radius 2 is 2.31 bits per heavy atom. The molecule has 0 unspecified atom stereocenters. The third-order valence-electron chi connectivity index (χ3n) is 2.88. The van der Waals surface area contributed by atoms with E-state index in [1.165, 1.54) is 11.8 Å². The van der Waals surface area contributed by atoms with Crippen molar-refractivity contribution in [2.45, 2.75) is 13.3 Å². The number of piperidine rings is 2. The highest BCUT2D eigenvalue weighted by molar-refractivity contribution is 5.96. The Morgan fingerprint density at radius 1 is 1.54 bits per heavy atom. The molecule has 1 N–H and O–H groups in total. The molecule has 0 aliphatic carbocycles. The molecule has 2 aliphatic heterocycles. The van der Waals surface area contributed by atoms with Gasteiger partial charge in [0.25, 0.3) is 0 Å². The van der Waals surface area contributed by atoms with Crippen LogP contribution < -0.4 is 5.32 Å². The van der Waals surface area contributed by atoms with E-state index in [4.69, 9.17) is 0 Å². The number of nitrogens with one attached hydrogen (secondary N) is 1. The molecule has 2 heterocycles. The van der Waals surface area contributed by atoms with Crippen molar-refractivity contribution in [3.63, 3.8) is 0 Å². The van der Waals surface area contributed by atoms with Gasteiger partial charge in [0.1, 0.15) is 0 Å². The van der Waals surface area contributed by atoms with Crippen molar-refractivity contribution in [1.82, 2.24) is 10.2 Å². The van der Waals surface area contributed by atoms with Gasteiger partial charge in [-0.15, -0.1) is 0 Å². The normalized spacial score (nSPS) is 33.3. The van der Waals surface area contributed by atoms with Gasteiger partial charge in [-0.2, -0.15) is 0 Å². The first-order valence-corrected chi connectivity index (χ1v) is 4.71. The molecule has 4 nitrogen and oxygen atoms in total. The summed E-state index contributed by atoms with van der Waals surface area (Å²) in [5.74, 6) is 0.411. The maximum Gasteiger partial charge on any atom is 0.233 e. The number of rotatable bonds is 0. The molecule has 13 heavy (non-hydrogen) atoms. The SMILES string of the molecule is CC(=O)N1C[C@H]2CNC[C@@H](C2)C1=O. The minimum absolute atomic E-state index is 0.0101. The molecular weight excluding hydrogens is 168 g/mol. The van der Waals surface area contributed by atoms with Gasteiger partial charge in [0.15, 0.2) is 0 Å². The van der Waals surface area contributed by atoms with Crippen molar-refractivity contribution in [1.29, 1.82) is 0 Å². The molecule has 0 saturated carbocycles. The lowest BCUT2D eigenvalue weighted by Gasteiger charge is -2.39. The Labute approximate surface area is 77.3 Å². The maximum absolute atomic E-state index is 11.6. The van der Waals surface area contributed by atoms with Gasteiger partial charge in [0.05, 0.1) is 5.92 Å². The number of carbonyl (C=O) groups is 2. The number of fused-ring (bicyclic) bond motifs is 2. The lowest BCUT2D eigenvalue weighted by molar-refractivity contribution is -0.151. The van der Waals surface area contributed by atoms with Crippen molar-refractivity contribution in [2.75, 3.05) is 19.6 Å². The third-order valence-corrected chi connectivity index (χ3v) is 2.88. The highest BCUT2D eigenvalue weighted by Gasteiger charge is 2.38. The van der Waals surface area contributed by atoms with Gasteiger partial charge in [0, 0.05) is 20.0 Å². The molecule has 2 amide bonds. The van der Waals surface area contributed by atoms with Crippen molar-refractivity contribution in [3.05, 3.63) is 0 Å². The fourth-order valence-corrected chi connectivity index (χ4v) is 2.21. The van der Waals surface area contributed by atoms with Crippen LogP contribution in [0.2, 0.25) is 0 Å². The lowest BCUT2D eigenvalue weighted by atomic mass is 9.85. The molecule has 0 aromatic rings. The Bertz CT molecular complexity index is 252. The summed E-state index contributed by atoms with van der Waals surface area (Å²) in [5.41, 5.74) is 0. The number of imide groups is 1. The number of nitrogens with zero attached hydrogens (tertiary/aromatic N) is 1. The summed E-state index contributed by atoms with van der Waals surface area (Å²) < 4.78 is 0. The zero-order valence-electron chi connectivity index (χ0n) is 7.75. The van der Waals surface area contributed by atoms with Crippen LogP contribution in [0.5, 0.6) is 0 Å². The van der Waals surface area contributed by atoms with Gasteiger partial charge >= 0.3 is 0 Å². The molecule has 72 valence electrons. The Kier molecular flexibility index (Phi) is 2.07. The summed E-state index contributed by atoms with van der Waals surface area (Å²) >= 11 is 0. The molecule has 2 saturated heterocycles. The van der Waals surface area contributed by atoms with Gasteiger partial charge in [-0.1, -0.05) is 0 Å². The molecule has 0 spiro atoms. The van der Waals surface area contributed by atoms with Crippen LogP contribution in [0.3, 0.4) is 0 Å². The molecule has 0 radical (unpaired) electrons. The first-order chi connectivity index (χ1) is 6.18. The minimum Gasteiger partial charge on any atom is -0.316 e. The predicted octanol–water partition coefficient (Wildman–Crippen LogP) is -0.399. The first kappa shape index (κ1) is 8.69. The van der Waals surface area contributed by atoms with E-state index in [-0.39, 0.29) is 17.7 Å². The molecule has 2 aliphatic rings. The molecule has 0 aromatic heterocycles. The van der Waals surface area contributed by atoms with Gasteiger partial charge in [-0.3, -0.25) is 14.5 Å².